The molecule has 0 bridgehead atoms. The third-order valence-electron chi connectivity index (χ3n) is 5.21. The predicted octanol–water partition coefficient (Wildman–Crippen LogP) is 2.49. The fourth-order valence-corrected chi connectivity index (χ4v) is 6.56. The van der Waals surface area contributed by atoms with E-state index in [0.29, 0.717) is 49.7 Å². The quantitative estimate of drug-likeness (QED) is 0.498. The van der Waals surface area contributed by atoms with Crippen molar-refractivity contribution >= 4 is 25.7 Å². The molecule has 2 aromatic carbocycles. The van der Waals surface area contributed by atoms with E-state index in [-0.39, 0.29) is 16.3 Å². The summed E-state index contributed by atoms with van der Waals surface area (Å²) in [6, 6.07) is 10.9. The summed E-state index contributed by atoms with van der Waals surface area (Å²) in [7, 11) is -5.80. The normalized spacial score (nSPS) is 14.1. The van der Waals surface area contributed by atoms with Gasteiger partial charge in [-0.15, -0.1) is 0 Å². The molecule has 1 aliphatic heterocycles. The maximum Gasteiger partial charge on any atom is 0.264 e. The molecule has 3 rings (SSSR count). The van der Waals surface area contributed by atoms with Crippen LogP contribution in [0.5, 0.6) is 5.75 Å². The van der Waals surface area contributed by atoms with Gasteiger partial charge in [0.15, 0.2) is 0 Å². The molecular formula is C21H28N2O6S2. The van der Waals surface area contributed by atoms with Gasteiger partial charge in [0.2, 0.25) is 10.0 Å². The van der Waals surface area contributed by atoms with E-state index < -0.39 is 20.0 Å². The molecule has 0 aliphatic carbocycles. The molecule has 0 radical (unpaired) electrons. The van der Waals surface area contributed by atoms with Crippen molar-refractivity contribution in [1.29, 1.82) is 0 Å². The molecule has 10 heteroatoms. The lowest BCUT2D eigenvalue weighted by molar-refractivity contribution is 0.146. The van der Waals surface area contributed by atoms with Gasteiger partial charge < -0.3 is 9.47 Å². The second-order valence-corrected chi connectivity index (χ2v) is 10.8. The molecule has 0 fully saturated rings. The van der Waals surface area contributed by atoms with Gasteiger partial charge in [-0.2, -0.15) is 4.31 Å². The van der Waals surface area contributed by atoms with Gasteiger partial charge >= 0.3 is 0 Å². The lowest BCUT2D eigenvalue weighted by Gasteiger charge is -2.21. The average Bonchev–Trinajstić information content (AvgIpc) is 3.19. The van der Waals surface area contributed by atoms with Crippen LogP contribution in [0.2, 0.25) is 0 Å². The molecule has 1 aliphatic rings. The lowest BCUT2D eigenvalue weighted by Crippen LogP contribution is -2.30. The summed E-state index contributed by atoms with van der Waals surface area (Å²) in [5.41, 5.74) is 1.22. The summed E-state index contributed by atoms with van der Waals surface area (Å²) < 4.78 is 65.1. The molecule has 8 nitrogen and oxygen atoms in total. The zero-order chi connectivity index (χ0) is 22.6. The highest BCUT2D eigenvalue weighted by molar-refractivity contribution is 7.92. The first-order chi connectivity index (χ1) is 14.7. The van der Waals surface area contributed by atoms with Gasteiger partial charge in [-0.25, -0.2) is 16.8 Å². The van der Waals surface area contributed by atoms with Crippen LogP contribution in [0.1, 0.15) is 19.4 Å². The van der Waals surface area contributed by atoms with Gasteiger partial charge in [0.1, 0.15) is 12.4 Å². The third kappa shape index (κ3) is 4.72. The maximum atomic E-state index is 13.2. The Morgan fingerprint density at radius 3 is 2.19 bits per heavy atom. The van der Waals surface area contributed by atoms with Crippen molar-refractivity contribution in [3.8, 4) is 5.75 Å². The van der Waals surface area contributed by atoms with Crippen LogP contribution in [0.4, 0.5) is 5.69 Å². The standard InChI is InChI=1S/C21H28N2O6S2/c1-4-22(5-2)30(24,25)20-10-11-21-17(16-20)12-13-23(21)31(26,27)19-8-6-18(7-9-19)29-15-14-28-3/h6-11,16H,4-5,12-15H2,1-3H3. The van der Waals surface area contributed by atoms with Gasteiger partial charge in [0.25, 0.3) is 10.0 Å². The minimum atomic E-state index is -3.77. The molecule has 31 heavy (non-hydrogen) atoms. The van der Waals surface area contributed by atoms with E-state index in [1.54, 1.807) is 45.2 Å². The smallest absolute Gasteiger partial charge is 0.264 e. The van der Waals surface area contributed by atoms with E-state index in [1.807, 2.05) is 0 Å². The summed E-state index contributed by atoms with van der Waals surface area (Å²) in [5.74, 6) is 0.559. The second-order valence-electron chi connectivity index (χ2n) is 7.02. The number of ether oxygens (including phenoxy) is 2. The Kier molecular flexibility index (Phi) is 7.25. The van der Waals surface area contributed by atoms with Gasteiger partial charge in [-0.05, 0) is 54.4 Å². The number of fused-ring (bicyclic) bond motifs is 1. The topological polar surface area (TPSA) is 93.2 Å². The monoisotopic (exact) mass is 468 g/mol. The second kappa shape index (κ2) is 9.56. The minimum Gasteiger partial charge on any atom is -0.491 e. The van der Waals surface area contributed by atoms with E-state index in [2.05, 4.69) is 0 Å². The maximum absolute atomic E-state index is 13.2. The number of rotatable bonds is 10. The molecule has 0 atom stereocenters. The molecule has 0 unspecified atom stereocenters. The molecule has 2 aromatic rings. The summed E-state index contributed by atoms with van der Waals surface area (Å²) in [6.45, 7) is 5.41. The van der Waals surface area contributed by atoms with Gasteiger partial charge in [0, 0.05) is 26.7 Å². The average molecular weight is 469 g/mol. The Bertz CT molecular complexity index is 1110. The zero-order valence-electron chi connectivity index (χ0n) is 17.9. The molecule has 1 heterocycles. The van der Waals surface area contributed by atoms with E-state index in [0.717, 1.165) is 0 Å². The first-order valence-corrected chi connectivity index (χ1v) is 13.0. The summed E-state index contributed by atoms with van der Waals surface area (Å²) in [5, 5.41) is 0. The van der Waals surface area contributed by atoms with Gasteiger partial charge in [-0.1, -0.05) is 13.8 Å². The van der Waals surface area contributed by atoms with Crippen LogP contribution in [0, 0.1) is 0 Å². The van der Waals surface area contributed by atoms with E-state index >= 15 is 0 Å². The SMILES string of the molecule is CCN(CC)S(=O)(=O)c1ccc2c(c1)CCN2S(=O)(=O)c1ccc(OCCOC)cc1. The van der Waals surface area contributed by atoms with E-state index in [4.69, 9.17) is 9.47 Å². The number of nitrogens with zero attached hydrogens (tertiary/aromatic N) is 2. The van der Waals surface area contributed by atoms with Crippen molar-refractivity contribution in [1.82, 2.24) is 4.31 Å². The molecule has 0 amide bonds. The molecule has 170 valence electrons. The highest BCUT2D eigenvalue weighted by Gasteiger charge is 2.32. The van der Waals surface area contributed by atoms with Crippen LogP contribution in [0.3, 0.4) is 0 Å². The highest BCUT2D eigenvalue weighted by atomic mass is 32.2. The molecule has 0 aromatic heterocycles. The van der Waals surface area contributed by atoms with Crippen LogP contribution >= 0.6 is 0 Å². The number of sulfonamides is 2. The van der Waals surface area contributed by atoms with Crippen LogP contribution in [-0.2, 0) is 31.2 Å². The first-order valence-electron chi connectivity index (χ1n) is 10.1. The Morgan fingerprint density at radius 1 is 0.935 bits per heavy atom. The van der Waals surface area contributed by atoms with Crippen molar-refractivity contribution in [3.63, 3.8) is 0 Å². The van der Waals surface area contributed by atoms with Crippen molar-refractivity contribution < 1.29 is 26.3 Å². The largest absolute Gasteiger partial charge is 0.491 e. The number of hydrogen-bond donors (Lipinski definition) is 0. The first kappa shape index (κ1) is 23.5. The molecule has 0 saturated heterocycles. The third-order valence-corrected chi connectivity index (χ3v) is 9.09. The number of anilines is 1. The summed E-state index contributed by atoms with van der Waals surface area (Å²) in [6.07, 6.45) is 0.453. The highest BCUT2D eigenvalue weighted by Crippen LogP contribution is 2.35. The van der Waals surface area contributed by atoms with Crippen molar-refractivity contribution in [2.75, 3.05) is 44.3 Å². The Hall–Kier alpha value is -2.14. The Morgan fingerprint density at radius 2 is 1.58 bits per heavy atom. The number of methoxy groups -OCH3 is 1. The van der Waals surface area contributed by atoms with Crippen LogP contribution in [-0.4, -0.2) is 61.1 Å². The Labute approximate surface area is 184 Å². The molecule has 0 N–H and O–H groups in total. The minimum absolute atomic E-state index is 0.152. The van der Waals surface area contributed by atoms with Crippen molar-refractivity contribution in [3.05, 3.63) is 48.0 Å². The predicted molar refractivity (Wildman–Crippen MR) is 119 cm³/mol. The van der Waals surface area contributed by atoms with Gasteiger partial charge in [-0.3, -0.25) is 4.31 Å². The number of benzene rings is 2. The zero-order valence-corrected chi connectivity index (χ0v) is 19.6. The molecule has 0 saturated carbocycles. The van der Waals surface area contributed by atoms with Crippen molar-refractivity contribution in [2.24, 2.45) is 0 Å². The Balaban J connectivity index is 1.85. The summed E-state index contributed by atoms with van der Waals surface area (Å²) >= 11 is 0. The van der Waals surface area contributed by atoms with Crippen LogP contribution in [0.15, 0.2) is 52.3 Å². The fraction of sp³-hybridized carbons (Fsp3) is 0.429. The van der Waals surface area contributed by atoms with E-state index in [9.17, 15) is 16.8 Å². The molecule has 0 spiro atoms. The van der Waals surface area contributed by atoms with Crippen LogP contribution in [0.25, 0.3) is 0 Å². The van der Waals surface area contributed by atoms with Crippen LogP contribution < -0.4 is 9.04 Å². The van der Waals surface area contributed by atoms with Gasteiger partial charge in [0.05, 0.1) is 22.1 Å². The number of hydrogen-bond acceptors (Lipinski definition) is 6. The lowest BCUT2D eigenvalue weighted by atomic mass is 10.2. The van der Waals surface area contributed by atoms with E-state index in [1.165, 1.54) is 26.8 Å². The summed E-state index contributed by atoms with van der Waals surface area (Å²) in [4.78, 5) is 0.339. The fourth-order valence-electron chi connectivity index (χ4n) is 3.55. The van der Waals surface area contributed by atoms with Crippen molar-refractivity contribution in [2.45, 2.75) is 30.1 Å². The molecular weight excluding hydrogens is 440 g/mol.